The average molecular weight is 305 g/mol. The molecule has 0 radical (unpaired) electrons. The van der Waals surface area contributed by atoms with Crippen molar-refractivity contribution in [1.82, 2.24) is 4.98 Å². The highest BCUT2D eigenvalue weighted by atomic mass is 35.5. The number of hydrogen-bond donors (Lipinski definition) is 3. The fraction of sp³-hybridized carbons (Fsp3) is 0.0714. The first-order chi connectivity index (χ1) is 9.99. The molecule has 0 saturated heterocycles. The second-order valence-corrected chi connectivity index (χ2v) is 4.72. The number of nitrogens with two attached hydrogens (primary N) is 2. The molecule has 6 nitrogen and oxygen atoms in total. The Morgan fingerprint density at radius 3 is 2.62 bits per heavy atom. The van der Waals surface area contributed by atoms with Crippen molar-refractivity contribution in [3.05, 3.63) is 58.4 Å². The third-order valence-corrected chi connectivity index (χ3v) is 2.95. The van der Waals surface area contributed by atoms with Gasteiger partial charge in [-0.1, -0.05) is 11.6 Å². The summed E-state index contributed by atoms with van der Waals surface area (Å²) in [5.41, 5.74) is 12.3. The summed E-state index contributed by atoms with van der Waals surface area (Å²) in [5.74, 6) is -0.980. The van der Waals surface area contributed by atoms with Crippen molar-refractivity contribution in [3.8, 4) is 0 Å². The van der Waals surface area contributed by atoms with Crippen LogP contribution in [0.5, 0.6) is 0 Å². The Labute approximate surface area is 126 Å². The van der Waals surface area contributed by atoms with Gasteiger partial charge in [0.05, 0.1) is 5.69 Å². The second-order valence-electron chi connectivity index (χ2n) is 4.29. The SMILES string of the molecule is NCc1cc(C(=O)Nc2cc(Cl)cc(C(N)=O)c2)ccn1. The van der Waals surface area contributed by atoms with Gasteiger partial charge in [0.1, 0.15) is 0 Å². The minimum atomic E-state index is -0.623. The molecule has 0 aliphatic rings. The Kier molecular flexibility index (Phi) is 4.52. The number of hydrogen-bond acceptors (Lipinski definition) is 4. The van der Waals surface area contributed by atoms with E-state index in [1.165, 1.54) is 24.4 Å². The van der Waals surface area contributed by atoms with E-state index in [0.717, 1.165) is 0 Å². The van der Waals surface area contributed by atoms with Crippen molar-refractivity contribution in [2.24, 2.45) is 11.5 Å². The minimum absolute atomic E-state index is 0.218. The lowest BCUT2D eigenvalue weighted by Gasteiger charge is -2.08. The topological polar surface area (TPSA) is 111 Å². The van der Waals surface area contributed by atoms with Crippen LogP contribution in [0.3, 0.4) is 0 Å². The van der Waals surface area contributed by atoms with E-state index < -0.39 is 5.91 Å². The second kappa shape index (κ2) is 6.34. The van der Waals surface area contributed by atoms with Gasteiger partial charge >= 0.3 is 0 Å². The number of anilines is 1. The molecule has 0 atom stereocenters. The Morgan fingerprint density at radius 2 is 1.95 bits per heavy atom. The number of carbonyl (C=O) groups is 2. The van der Waals surface area contributed by atoms with Crippen LogP contribution in [0, 0.1) is 0 Å². The van der Waals surface area contributed by atoms with E-state index in [2.05, 4.69) is 10.3 Å². The maximum Gasteiger partial charge on any atom is 0.255 e. The van der Waals surface area contributed by atoms with Gasteiger partial charge in [0.2, 0.25) is 5.91 Å². The molecule has 7 heteroatoms. The normalized spacial score (nSPS) is 10.2. The van der Waals surface area contributed by atoms with E-state index in [1.807, 2.05) is 0 Å². The predicted octanol–water partition coefficient (Wildman–Crippen LogP) is 1.54. The minimum Gasteiger partial charge on any atom is -0.366 e. The number of nitrogens with zero attached hydrogens (tertiary/aromatic N) is 1. The summed E-state index contributed by atoms with van der Waals surface area (Å²) in [7, 11) is 0. The molecule has 5 N–H and O–H groups in total. The molecule has 2 rings (SSSR count). The number of carbonyl (C=O) groups excluding carboxylic acids is 2. The van der Waals surface area contributed by atoms with Gasteiger partial charge in [-0.3, -0.25) is 14.6 Å². The molecule has 2 amide bonds. The van der Waals surface area contributed by atoms with Gasteiger partial charge < -0.3 is 16.8 Å². The fourth-order valence-corrected chi connectivity index (χ4v) is 1.97. The predicted molar refractivity (Wildman–Crippen MR) is 80.1 cm³/mol. The monoisotopic (exact) mass is 304 g/mol. The van der Waals surface area contributed by atoms with Crippen LogP contribution in [0.2, 0.25) is 5.02 Å². The molecule has 0 aliphatic heterocycles. The van der Waals surface area contributed by atoms with Gasteiger partial charge in [-0.25, -0.2) is 0 Å². The summed E-state index contributed by atoms with van der Waals surface area (Å²) in [6.45, 7) is 0.240. The van der Waals surface area contributed by atoms with Crippen LogP contribution in [0.15, 0.2) is 36.5 Å². The van der Waals surface area contributed by atoms with Gasteiger partial charge in [-0.2, -0.15) is 0 Å². The van der Waals surface area contributed by atoms with Gasteiger partial charge in [-0.15, -0.1) is 0 Å². The van der Waals surface area contributed by atoms with Crippen LogP contribution < -0.4 is 16.8 Å². The van der Waals surface area contributed by atoms with Crippen molar-refractivity contribution in [2.45, 2.75) is 6.54 Å². The van der Waals surface area contributed by atoms with Gasteiger partial charge in [0.15, 0.2) is 0 Å². The Hall–Kier alpha value is -2.44. The average Bonchev–Trinajstić information content (AvgIpc) is 2.46. The summed E-state index contributed by atoms with van der Waals surface area (Å²) in [5, 5.41) is 2.95. The largest absolute Gasteiger partial charge is 0.366 e. The molecule has 0 spiro atoms. The maximum atomic E-state index is 12.1. The van der Waals surface area contributed by atoms with E-state index >= 15 is 0 Å². The van der Waals surface area contributed by atoms with Crippen LogP contribution in [0.25, 0.3) is 0 Å². The van der Waals surface area contributed by atoms with Crippen LogP contribution in [-0.2, 0) is 6.54 Å². The first-order valence-electron chi connectivity index (χ1n) is 6.06. The first-order valence-corrected chi connectivity index (χ1v) is 6.44. The number of nitrogens with one attached hydrogen (secondary N) is 1. The summed E-state index contributed by atoms with van der Waals surface area (Å²) in [6.07, 6.45) is 1.50. The van der Waals surface area contributed by atoms with E-state index in [0.29, 0.717) is 22.0 Å². The third kappa shape index (κ3) is 3.77. The zero-order valence-electron chi connectivity index (χ0n) is 11.0. The standard InChI is InChI=1S/C14H13ClN4O2/c15-10-3-9(13(17)20)5-11(6-10)19-14(21)8-1-2-18-12(4-8)7-16/h1-6H,7,16H2,(H2,17,20)(H,19,21). The number of benzene rings is 1. The van der Waals surface area contributed by atoms with Crippen molar-refractivity contribution in [1.29, 1.82) is 0 Å². The summed E-state index contributed by atoms with van der Waals surface area (Å²) in [4.78, 5) is 27.3. The fourth-order valence-electron chi connectivity index (χ4n) is 1.74. The van der Waals surface area contributed by atoms with Crippen molar-refractivity contribution in [2.75, 3.05) is 5.32 Å². The molecule has 1 heterocycles. The van der Waals surface area contributed by atoms with E-state index in [1.54, 1.807) is 12.1 Å². The molecule has 0 fully saturated rings. The summed E-state index contributed by atoms with van der Waals surface area (Å²) in [6, 6.07) is 7.56. The van der Waals surface area contributed by atoms with E-state index in [-0.39, 0.29) is 18.0 Å². The zero-order chi connectivity index (χ0) is 15.4. The molecule has 21 heavy (non-hydrogen) atoms. The Balaban J connectivity index is 2.24. The van der Waals surface area contributed by atoms with Crippen LogP contribution in [-0.4, -0.2) is 16.8 Å². The van der Waals surface area contributed by atoms with E-state index in [4.69, 9.17) is 23.1 Å². The Bertz CT molecular complexity index is 703. The van der Waals surface area contributed by atoms with Crippen LogP contribution >= 0.6 is 11.6 Å². The molecule has 108 valence electrons. The van der Waals surface area contributed by atoms with Gasteiger partial charge in [0.25, 0.3) is 5.91 Å². The lowest BCUT2D eigenvalue weighted by Crippen LogP contribution is -2.15. The molecular weight excluding hydrogens is 292 g/mol. The first kappa shape index (κ1) is 15.0. The number of rotatable bonds is 4. The molecule has 0 aliphatic carbocycles. The highest BCUT2D eigenvalue weighted by Gasteiger charge is 2.10. The maximum absolute atomic E-state index is 12.1. The van der Waals surface area contributed by atoms with Crippen molar-refractivity contribution in [3.63, 3.8) is 0 Å². The number of primary amides is 1. The zero-order valence-corrected chi connectivity index (χ0v) is 11.7. The number of aromatic nitrogens is 1. The smallest absolute Gasteiger partial charge is 0.255 e. The molecule has 2 aromatic rings. The molecule has 1 aromatic carbocycles. The van der Waals surface area contributed by atoms with Crippen molar-refractivity contribution < 1.29 is 9.59 Å². The Morgan fingerprint density at radius 1 is 1.19 bits per heavy atom. The lowest BCUT2D eigenvalue weighted by molar-refractivity contribution is 0.0996. The lowest BCUT2D eigenvalue weighted by atomic mass is 10.1. The quantitative estimate of drug-likeness (QED) is 0.795. The van der Waals surface area contributed by atoms with Crippen molar-refractivity contribution >= 4 is 29.1 Å². The molecule has 0 unspecified atom stereocenters. The van der Waals surface area contributed by atoms with Gasteiger partial charge in [0, 0.05) is 34.6 Å². The highest BCUT2D eigenvalue weighted by Crippen LogP contribution is 2.19. The summed E-state index contributed by atoms with van der Waals surface area (Å²) >= 11 is 5.89. The highest BCUT2D eigenvalue weighted by molar-refractivity contribution is 6.31. The molecule has 0 bridgehead atoms. The molecular formula is C14H13ClN4O2. The van der Waals surface area contributed by atoms with E-state index in [9.17, 15) is 9.59 Å². The number of halogens is 1. The summed E-state index contributed by atoms with van der Waals surface area (Å²) < 4.78 is 0. The molecule has 0 saturated carbocycles. The van der Waals surface area contributed by atoms with Crippen LogP contribution in [0.1, 0.15) is 26.4 Å². The van der Waals surface area contributed by atoms with Gasteiger partial charge in [-0.05, 0) is 30.3 Å². The van der Waals surface area contributed by atoms with Crippen LogP contribution in [0.4, 0.5) is 5.69 Å². The third-order valence-electron chi connectivity index (χ3n) is 2.73. The number of amides is 2. The molecule has 1 aromatic heterocycles. The number of pyridine rings is 1.